The molecule has 3 aromatic rings. The maximum Gasteiger partial charge on any atom is 0.263 e. The summed E-state index contributed by atoms with van der Waals surface area (Å²) in [5, 5.41) is 5.94. The molecule has 0 saturated heterocycles. The maximum atomic E-state index is 12.5. The zero-order chi connectivity index (χ0) is 19.2. The first-order chi connectivity index (χ1) is 13.1. The van der Waals surface area contributed by atoms with Crippen molar-refractivity contribution < 1.29 is 9.59 Å². The van der Waals surface area contributed by atoms with Crippen molar-refractivity contribution in [2.24, 2.45) is 0 Å². The molecular weight excluding hydrogens is 358 g/mol. The van der Waals surface area contributed by atoms with Crippen LogP contribution in [0.1, 0.15) is 43.8 Å². The zero-order valence-electron chi connectivity index (χ0n) is 15.3. The average molecular weight is 379 g/mol. The fourth-order valence-electron chi connectivity index (χ4n) is 2.68. The van der Waals surface area contributed by atoms with Gasteiger partial charge < -0.3 is 5.32 Å². The van der Waals surface area contributed by atoms with Gasteiger partial charge >= 0.3 is 0 Å². The van der Waals surface area contributed by atoms with Crippen molar-refractivity contribution in [3.63, 3.8) is 0 Å². The van der Waals surface area contributed by atoms with Gasteiger partial charge in [-0.1, -0.05) is 53.8 Å². The molecule has 0 aliphatic carbocycles. The number of aromatic nitrogens is 1. The van der Waals surface area contributed by atoms with Gasteiger partial charge in [-0.2, -0.15) is 0 Å². The van der Waals surface area contributed by atoms with Crippen molar-refractivity contribution in [2.45, 2.75) is 20.3 Å². The normalized spacial score (nSPS) is 10.4. The summed E-state index contributed by atoms with van der Waals surface area (Å²) in [5.74, 6) is -0.407. The Balaban J connectivity index is 1.66. The summed E-state index contributed by atoms with van der Waals surface area (Å²) in [6, 6.07) is 17.7. The molecule has 0 fully saturated rings. The lowest BCUT2D eigenvalue weighted by Crippen LogP contribution is -2.22. The van der Waals surface area contributed by atoms with Gasteiger partial charge in [-0.15, -0.1) is 0 Å². The molecule has 0 atom stereocenters. The number of rotatable bonds is 6. The lowest BCUT2D eigenvalue weighted by molar-refractivity contribution is 0.0958. The van der Waals surface area contributed by atoms with Crippen LogP contribution in [-0.2, 0) is 6.42 Å². The largest absolute Gasteiger partial charge is 0.352 e. The van der Waals surface area contributed by atoms with E-state index in [0.717, 1.165) is 12.0 Å². The quantitative estimate of drug-likeness (QED) is 0.679. The van der Waals surface area contributed by atoms with Crippen molar-refractivity contribution in [3.8, 4) is 0 Å². The highest BCUT2D eigenvalue weighted by Gasteiger charge is 2.16. The SMILES string of the molecule is CCNC(=O)c1sc(NC(=O)c2ccc(Cc3ccccc3)cc2)nc1C. The second-order valence-corrected chi connectivity index (χ2v) is 7.11. The Kier molecular flexibility index (Phi) is 5.98. The second kappa shape index (κ2) is 8.60. The van der Waals surface area contributed by atoms with Crippen LogP contribution in [0.25, 0.3) is 0 Å². The van der Waals surface area contributed by atoms with E-state index in [1.807, 2.05) is 37.3 Å². The highest BCUT2D eigenvalue weighted by atomic mass is 32.1. The predicted octanol–water partition coefficient (Wildman–Crippen LogP) is 4.04. The molecule has 0 aliphatic heterocycles. The van der Waals surface area contributed by atoms with Gasteiger partial charge in [0.1, 0.15) is 4.88 Å². The van der Waals surface area contributed by atoms with Crippen LogP contribution >= 0.6 is 11.3 Å². The average Bonchev–Trinajstić information content (AvgIpc) is 3.03. The van der Waals surface area contributed by atoms with Crippen molar-refractivity contribution in [3.05, 3.63) is 81.9 Å². The number of nitrogens with zero attached hydrogens (tertiary/aromatic N) is 1. The Bertz CT molecular complexity index is 934. The molecule has 2 amide bonds. The summed E-state index contributed by atoms with van der Waals surface area (Å²) < 4.78 is 0. The molecule has 0 saturated carbocycles. The van der Waals surface area contributed by atoms with Crippen LogP contribution in [0.2, 0.25) is 0 Å². The summed E-state index contributed by atoms with van der Waals surface area (Å²) >= 11 is 1.18. The monoisotopic (exact) mass is 379 g/mol. The first kappa shape index (κ1) is 18.8. The fraction of sp³-hybridized carbons (Fsp3) is 0.190. The molecule has 138 valence electrons. The Morgan fingerprint density at radius 1 is 0.963 bits per heavy atom. The summed E-state index contributed by atoms with van der Waals surface area (Å²) in [6.07, 6.45) is 0.824. The first-order valence-corrected chi connectivity index (χ1v) is 9.58. The van der Waals surface area contributed by atoms with Crippen molar-refractivity contribution in [1.29, 1.82) is 0 Å². The van der Waals surface area contributed by atoms with Crippen molar-refractivity contribution in [1.82, 2.24) is 10.3 Å². The van der Waals surface area contributed by atoms with Gasteiger partial charge in [0.05, 0.1) is 5.69 Å². The third-order valence-corrected chi connectivity index (χ3v) is 5.10. The number of aryl methyl sites for hydroxylation is 1. The highest BCUT2D eigenvalue weighted by molar-refractivity contribution is 7.17. The second-order valence-electron chi connectivity index (χ2n) is 6.11. The van der Waals surface area contributed by atoms with E-state index in [2.05, 4.69) is 27.8 Å². The molecule has 5 nitrogen and oxygen atoms in total. The standard InChI is InChI=1S/C21H21N3O2S/c1-3-22-20(26)18-14(2)23-21(27-18)24-19(25)17-11-9-16(10-12-17)13-15-7-5-4-6-8-15/h4-12H,3,13H2,1-2H3,(H,22,26)(H,23,24,25). The molecule has 2 aromatic carbocycles. The summed E-state index contributed by atoms with van der Waals surface area (Å²) in [4.78, 5) is 29.2. The Morgan fingerprint density at radius 2 is 1.63 bits per heavy atom. The van der Waals surface area contributed by atoms with E-state index in [1.54, 1.807) is 19.1 Å². The van der Waals surface area contributed by atoms with Gasteiger partial charge in [-0.3, -0.25) is 14.9 Å². The Hall–Kier alpha value is -2.99. The van der Waals surface area contributed by atoms with E-state index in [4.69, 9.17) is 0 Å². The predicted molar refractivity (Wildman–Crippen MR) is 109 cm³/mol. The lowest BCUT2D eigenvalue weighted by atomic mass is 10.0. The van der Waals surface area contributed by atoms with E-state index < -0.39 is 0 Å². The van der Waals surface area contributed by atoms with E-state index in [1.165, 1.54) is 16.9 Å². The first-order valence-electron chi connectivity index (χ1n) is 8.76. The molecule has 0 aliphatic rings. The smallest absolute Gasteiger partial charge is 0.263 e. The molecule has 3 rings (SSSR count). The minimum Gasteiger partial charge on any atom is -0.352 e. The molecule has 1 aromatic heterocycles. The number of amides is 2. The molecular formula is C21H21N3O2S. The van der Waals surface area contributed by atoms with Crippen molar-refractivity contribution in [2.75, 3.05) is 11.9 Å². The van der Waals surface area contributed by atoms with E-state index >= 15 is 0 Å². The van der Waals surface area contributed by atoms with E-state index in [9.17, 15) is 9.59 Å². The number of anilines is 1. The number of hydrogen-bond donors (Lipinski definition) is 2. The highest BCUT2D eigenvalue weighted by Crippen LogP contribution is 2.23. The number of carbonyl (C=O) groups excluding carboxylic acids is 2. The van der Waals surface area contributed by atoms with Crippen molar-refractivity contribution >= 4 is 28.3 Å². The van der Waals surface area contributed by atoms with Gasteiger partial charge in [-0.05, 0) is 43.5 Å². The number of hydrogen-bond acceptors (Lipinski definition) is 4. The van der Waals surface area contributed by atoms with Crippen LogP contribution in [0.4, 0.5) is 5.13 Å². The topological polar surface area (TPSA) is 71.1 Å². The zero-order valence-corrected chi connectivity index (χ0v) is 16.1. The van der Waals surface area contributed by atoms with Crippen LogP contribution in [0.3, 0.4) is 0 Å². The van der Waals surface area contributed by atoms with Crippen LogP contribution in [0, 0.1) is 6.92 Å². The molecule has 0 radical (unpaired) electrons. The number of benzene rings is 2. The van der Waals surface area contributed by atoms with Crippen LogP contribution in [0.5, 0.6) is 0 Å². The number of thiazole rings is 1. The number of nitrogens with one attached hydrogen (secondary N) is 2. The van der Waals surface area contributed by atoms with Crippen LogP contribution < -0.4 is 10.6 Å². The molecule has 0 unspecified atom stereocenters. The third kappa shape index (κ3) is 4.80. The third-order valence-electron chi connectivity index (χ3n) is 4.03. The van der Waals surface area contributed by atoms with Gasteiger partial charge in [0.2, 0.25) is 0 Å². The van der Waals surface area contributed by atoms with E-state index in [-0.39, 0.29) is 11.8 Å². The van der Waals surface area contributed by atoms with Crippen LogP contribution in [-0.4, -0.2) is 23.3 Å². The van der Waals surface area contributed by atoms with E-state index in [0.29, 0.717) is 27.8 Å². The Labute approximate surface area is 162 Å². The summed E-state index contributed by atoms with van der Waals surface area (Å²) in [5.41, 5.74) is 3.53. The van der Waals surface area contributed by atoms with Crippen LogP contribution in [0.15, 0.2) is 54.6 Å². The minimum absolute atomic E-state index is 0.168. The minimum atomic E-state index is -0.238. The molecule has 2 N–H and O–H groups in total. The van der Waals surface area contributed by atoms with Gasteiger partial charge in [0.15, 0.2) is 5.13 Å². The maximum absolute atomic E-state index is 12.5. The summed E-state index contributed by atoms with van der Waals surface area (Å²) in [7, 11) is 0. The Morgan fingerprint density at radius 3 is 2.30 bits per heavy atom. The van der Waals surface area contributed by atoms with Gasteiger partial charge in [0, 0.05) is 12.1 Å². The lowest BCUT2D eigenvalue weighted by Gasteiger charge is -2.05. The summed E-state index contributed by atoms with van der Waals surface area (Å²) in [6.45, 7) is 4.17. The molecule has 1 heterocycles. The molecule has 6 heteroatoms. The van der Waals surface area contributed by atoms with Gasteiger partial charge in [-0.25, -0.2) is 4.98 Å². The number of carbonyl (C=O) groups is 2. The van der Waals surface area contributed by atoms with Gasteiger partial charge in [0.25, 0.3) is 11.8 Å². The molecule has 27 heavy (non-hydrogen) atoms. The molecule has 0 spiro atoms. The molecule has 0 bridgehead atoms. The fourth-order valence-corrected chi connectivity index (χ4v) is 3.55.